The monoisotopic (exact) mass is 1170 g/mol. The predicted octanol–water partition coefficient (Wildman–Crippen LogP) is -0.361. The summed E-state index contributed by atoms with van der Waals surface area (Å²) in [5.41, 5.74) is -0.693. The molecule has 13 N–H and O–H groups in total. The van der Waals surface area contributed by atoms with Gasteiger partial charge in [-0.3, -0.25) is 33.6 Å². The molecule has 0 saturated heterocycles. The van der Waals surface area contributed by atoms with Crippen LogP contribution in [0.1, 0.15) is 103 Å². The first-order valence-corrected chi connectivity index (χ1v) is 30.0. The minimum Gasteiger partial charge on any atom is -0.378 e. The van der Waals surface area contributed by atoms with Gasteiger partial charge in [0, 0.05) is 81.6 Å². The minimum absolute atomic E-state index is 0.0841. The zero-order valence-corrected chi connectivity index (χ0v) is 46.8. The third-order valence-electron chi connectivity index (χ3n) is 11.4. The molecule has 3 rings (SSSR count). The highest BCUT2D eigenvalue weighted by atomic mass is 32.2. The van der Waals surface area contributed by atoms with E-state index in [9.17, 15) is 58.8 Å². The number of hydrogen-bond acceptors (Lipinski definition) is 16. The van der Waals surface area contributed by atoms with Crippen molar-refractivity contribution in [3.8, 4) is 0 Å². The maximum atomic E-state index is 13.5. The number of benzene rings is 3. The molecule has 0 fully saturated rings. The summed E-state index contributed by atoms with van der Waals surface area (Å²) in [4.78, 5) is 88.8. The fourth-order valence-electron chi connectivity index (χ4n) is 7.07. The molecule has 0 aliphatic rings. The van der Waals surface area contributed by atoms with Crippen LogP contribution in [0.5, 0.6) is 0 Å². The molecule has 0 bridgehead atoms. The van der Waals surface area contributed by atoms with Crippen molar-refractivity contribution in [1.82, 2.24) is 37.2 Å². The van der Waals surface area contributed by atoms with E-state index in [-0.39, 0.29) is 160 Å². The summed E-state index contributed by atoms with van der Waals surface area (Å²) in [6.45, 7) is 4.39. The van der Waals surface area contributed by atoms with Crippen molar-refractivity contribution >= 4 is 71.4 Å². The Kier molecular flexibility index (Phi) is 28.7. The number of hydrogen-bond donors (Lipinski definition) is 10. The van der Waals surface area contributed by atoms with Crippen LogP contribution in [0.4, 0.5) is 0 Å². The maximum absolute atomic E-state index is 13.5. The number of primary sulfonamides is 3. The second-order valence-electron chi connectivity index (χ2n) is 18.6. The van der Waals surface area contributed by atoms with E-state index in [1.807, 2.05) is 13.8 Å². The largest absolute Gasteiger partial charge is 0.378 e. The van der Waals surface area contributed by atoms with Crippen molar-refractivity contribution in [3.63, 3.8) is 0 Å². The highest BCUT2D eigenvalue weighted by Crippen LogP contribution is 2.15. The number of nitrogens with two attached hydrogens (primary N) is 3. The molecule has 26 nitrogen and oxygen atoms in total. The van der Waals surface area contributed by atoms with Gasteiger partial charge in [0.1, 0.15) is 5.54 Å². The summed E-state index contributed by atoms with van der Waals surface area (Å²) < 4.78 is 86.9. The highest BCUT2D eigenvalue weighted by Gasteiger charge is 2.34. The molecular weight excluding hydrogens is 1090 g/mol. The molecule has 79 heavy (non-hydrogen) atoms. The maximum Gasteiger partial charge on any atom is 0.251 e. The van der Waals surface area contributed by atoms with Crippen molar-refractivity contribution in [2.45, 2.75) is 91.9 Å². The molecule has 3 aromatic rings. The van der Waals surface area contributed by atoms with Crippen LogP contribution in [0.2, 0.25) is 0 Å². The van der Waals surface area contributed by atoms with Gasteiger partial charge >= 0.3 is 0 Å². The van der Waals surface area contributed by atoms with Gasteiger partial charge in [-0.2, -0.15) is 0 Å². The fraction of sp³-hybridized carbons (Fsp3) is 0.500. The van der Waals surface area contributed by atoms with E-state index >= 15 is 0 Å². The van der Waals surface area contributed by atoms with Crippen molar-refractivity contribution in [1.29, 1.82) is 0 Å². The summed E-state index contributed by atoms with van der Waals surface area (Å²) in [5, 5.41) is 34.6. The van der Waals surface area contributed by atoms with Crippen LogP contribution in [0.3, 0.4) is 0 Å². The average Bonchev–Trinajstić information content (AvgIpc) is 3.39. The third kappa shape index (κ3) is 27.3. The summed E-state index contributed by atoms with van der Waals surface area (Å²) in [5.74, 6) is -2.43. The Morgan fingerprint density at radius 1 is 0.418 bits per heavy atom. The molecule has 29 heteroatoms. The van der Waals surface area contributed by atoms with Crippen LogP contribution in [0.25, 0.3) is 0 Å². The molecule has 0 radical (unpaired) electrons. The van der Waals surface area contributed by atoms with Crippen LogP contribution in [0.15, 0.2) is 87.5 Å². The lowest BCUT2D eigenvalue weighted by molar-refractivity contribution is -0.130. The summed E-state index contributed by atoms with van der Waals surface area (Å²) in [6.07, 6.45) is 2.38. The Bertz CT molecular complexity index is 2540. The van der Waals surface area contributed by atoms with Crippen molar-refractivity contribution in [3.05, 3.63) is 89.5 Å². The topological polar surface area (TPSA) is 412 Å². The first-order chi connectivity index (χ1) is 37.3. The van der Waals surface area contributed by atoms with E-state index in [0.717, 1.165) is 6.42 Å². The zero-order valence-electron chi connectivity index (χ0n) is 44.3. The highest BCUT2D eigenvalue weighted by molar-refractivity contribution is 7.89. The Balaban J connectivity index is 1.54. The lowest BCUT2D eigenvalue weighted by Gasteiger charge is -2.34. The summed E-state index contributed by atoms with van der Waals surface area (Å²) in [7, 11) is -11.7. The number of rotatable bonds is 38. The van der Waals surface area contributed by atoms with E-state index in [4.69, 9.17) is 29.6 Å². The Morgan fingerprint density at radius 3 is 0.962 bits per heavy atom. The zero-order chi connectivity index (χ0) is 58.5. The van der Waals surface area contributed by atoms with Crippen molar-refractivity contribution < 1.29 is 73.0 Å². The lowest BCUT2D eigenvalue weighted by Crippen LogP contribution is -2.58. The summed E-state index contributed by atoms with van der Waals surface area (Å²) >= 11 is 0. The number of ether oxygens (including phenoxy) is 3. The van der Waals surface area contributed by atoms with Crippen LogP contribution in [-0.4, -0.2) is 151 Å². The first-order valence-electron chi connectivity index (χ1n) is 25.4. The van der Waals surface area contributed by atoms with E-state index in [2.05, 4.69) is 37.2 Å². The van der Waals surface area contributed by atoms with E-state index in [0.29, 0.717) is 31.6 Å². The lowest BCUT2D eigenvalue weighted by atomic mass is 10.0. The van der Waals surface area contributed by atoms with Crippen molar-refractivity contribution in [2.75, 3.05) is 78.9 Å². The second kappa shape index (κ2) is 33.9. The van der Waals surface area contributed by atoms with Gasteiger partial charge in [-0.25, -0.2) is 40.7 Å². The molecule has 0 atom stereocenters. The quantitative estimate of drug-likeness (QED) is 0.0328. The SMILES string of the molecule is CC(C)CCCC(=O)NC(COCCC(=O)NCCCNC(=O)c1ccc(S(N)(=O)=O)cc1)(COCCC(=O)NCCCNC(=O)c1ccc(S(N)(=O)=O)cc1)COCCC(=O)NCCCNC(=O)c1ccc(S(N)(=O)=O)cc1. The molecule has 0 unspecified atom stereocenters. The number of carbonyl (C=O) groups excluding carboxylic acids is 7. The van der Waals surface area contributed by atoms with Crippen LogP contribution < -0.4 is 52.6 Å². The van der Waals surface area contributed by atoms with Crippen LogP contribution in [0, 0.1) is 5.92 Å². The predicted molar refractivity (Wildman–Crippen MR) is 289 cm³/mol. The molecule has 438 valence electrons. The summed E-state index contributed by atoms with van der Waals surface area (Å²) in [6, 6.07) is 15.3. The van der Waals surface area contributed by atoms with Crippen LogP contribution in [-0.2, 0) is 63.5 Å². The normalized spacial score (nSPS) is 11.8. The van der Waals surface area contributed by atoms with E-state index in [1.54, 1.807) is 0 Å². The standard InChI is InChI=1S/C50H74N10O16S3/c1-36(2)7-3-8-46(64)60-50(33-74-30-21-43(61)54-24-4-27-57-47(65)37-9-15-40(16-10-37)77(51,68)69,34-75-31-22-44(62)55-25-5-28-58-48(66)38-11-17-41(18-12-38)78(52,70)71)35-76-32-23-45(63)56-26-6-29-59-49(67)39-13-19-42(20-14-39)79(53,72)73/h9-20,36H,3-8,21-35H2,1-2H3,(H,54,61)(H,55,62)(H,56,63)(H,57,65)(H,58,66)(H,59,67)(H,60,64)(H2,51,68,69)(H2,52,70,71)(H2,53,72,73). The van der Waals surface area contributed by atoms with Gasteiger partial charge in [0.15, 0.2) is 0 Å². The number of amides is 7. The molecular formula is C50H74N10O16S3. The fourth-order valence-corrected chi connectivity index (χ4v) is 8.62. The van der Waals surface area contributed by atoms with Gasteiger partial charge < -0.3 is 51.4 Å². The first kappa shape index (κ1) is 66.8. The van der Waals surface area contributed by atoms with E-state index < -0.39 is 53.3 Å². The van der Waals surface area contributed by atoms with Crippen molar-refractivity contribution in [2.24, 2.45) is 21.3 Å². The molecule has 7 amide bonds. The number of nitrogens with one attached hydrogen (secondary N) is 7. The van der Waals surface area contributed by atoms with Gasteiger partial charge in [0.25, 0.3) is 17.7 Å². The molecule has 0 aliphatic carbocycles. The number of carbonyl (C=O) groups is 7. The second-order valence-corrected chi connectivity index (χ2v) is 23.3. The van der Waals surface area contributed by atoms with Gasteiger partial charge in [0.2, 0.25) is 53.7 Å². The number of sulfonamides is 3. The van der Waals surface area contributed by atoms with Crippen LogP contribution >= 0.6 is 0 Å². The third-order valence-corrected chi connectivity index (χ3v) is 14.2. The minimum atomic E-state index is -3.92. The Labute approximate surface area is 461 Å². The van der Waals surface area contributed by atoms with Gasteiger partial charge in [-0.15, -0.1) is 0 Å². The molecule has 0 aliphatic heterocycles. The smallest absolute Gasteiger partial charge is 0.251 e. The van der Waals surface area contributed by atoms with Gasteiger partial charge in [0.05, 0.1) is 54.3 Å². The molecule has 0 aromatic heterocycles. The van der Waals surface area contributed by atoms with Gasteiger partial charge in [-0.05, 0) is 104 Å². The molecule has 0 heterocycles. The van der Waals surface area contributed by atoms with E-state index in [1.165, 1.54) is 72.8 Å². The Morgan fingerprint density at radius 2 is 0.696 bits per heavy atom. The average molecular weight is 1170 g/mol. The molecule has 3 aromatic carbocycles. The molecule has 0 spiro atoms. The molecule has 0 saturated carbocycles. The Hall–Kier alpha value is -6.44. The van der Waals surface area contributed by atoms with Gasteiger partial charge in [-0.1, -0.05) is 20.3 Å².